The number of hydrogen-bond acceptors (Lipinski definition) is 3. The van der Waals surface area contributed by atoms with Crippen molar-refractivity contribution in [2.45, 2.75) is 6.92 Å². The maximum Gasteiger partial charge on any atom is 0.0631 e. The SMILES string of the molecule is Cc1cc(C=CCN)ncc1N. The lowest BCUT2D eigenvalue weighted by Gasteiger charge is -1.99. The topological polar surface area (TPSA) is 64.9 Å². The standard InChI is InChI=1S/C9H13N3/c1-7-5-8(3-2-4-10)12-6-9(7)11/h2-3,5-6H,4,10-11H2,1H3. The number of hydrogen-bond donors (Lipinski definition) is 2. The fourth-order valence-electron chi connectivity index (χ4n) is 0.868. The van der Waals surface area contributed by atoms with Crippen molar-refractivity contribution in [3.63, 3.8) is 0 Å². The number of aryl methyl sites for hydroxylation is 1. The van der Waals surface area contributed by atoms with Crippen molar-refractivity contribution in [1.29, 1.82) is 0 Å². The average molecular weight is 163 g/mol. The van der Waals surface area contributed by atoms with E-state index in [-0.39, 0.29) is 0 Å². The molecule has 0 bridgehead atoms. The summed E-state index contributed by atoms with van der Waals surface area (Å²) in [6.07, 6.45) is 5.40. The molecule has 0 unspecified atom stereocenters. The Labute approximate surface area is 72.1 Å². The fourth-order valence-corrected chi connectivity index (χ4v) is 0.868. The number of nitrogen functional groups attached to an aromatic ring is 1. The van der Waals surface area contributed by atoms with Crippen molar-refractivity contribution in [2.75, 3.05) is 12.3 Å². The first-order chi connectivity index (χ1) is 5.74. The second kappa shape index (κ2) is 3.88. The van der Waals surface area contributed by atoms with E-state index in [4.69, 9.17) is 11.5 Å². The van der Waals surface area contributed by atoms with Gasteiger partial charge in [-0.3, -0.25) is 4.98 Å². The van der Waals surface area contributed by atoms with E-state index in [2.05, 4.69) is 4.98 Å². The minimum Gasteiger partial charge on any atom is -0.397 e. The highest BCUT2D eigenvalue weighted by molar-refractivity contribution is 5.52. The van der Waals surface area contributed by atoms with Crippen molar-refractivity contribution in [3.8, 4) is 0 Å². The van der Waals surface area contributed by atoms with Crippen molar-refractivity contribution < 1.29 is 0 Å². The van der Waals surface area contributed by atoms with Crippen LogP contribution >= 0.6 is 0 Å². The Bertz CT molecular complexity index is 292. The van der Waals surface area contributed by atoms with Gasteiger partial charge in [0.1, 0.15) is 0 Å². The van der Waals surface area contributed by atoms with Gasteiger partial charge in [-0.05, 0) is 24.6 Å². The summed E-state index contributed by atoms with van der Waals surface area (Å²) in [4.78, 5) is 4.11. The highest BCUT2D eigenvalue weighted by Gasteiger charge is 1.93. The fraction of sp³-hybridized carbons (Fsp3) is 0.222. The van der Waals surface area contributed by atoms with Crippen molar-refractivity contribution in [3.05, 3.63) is 29.6 Å². The third-order valence-electron chi connectivity index (χ3n) is 1.60. The molecule has 0 atom stereocenters. The summed E-state index contributed by atoms with van der Waals surface area (Å²) < 4.78 is 0. The van der Waals surface area contributed by atoms with E-state index in [1.165, 1.54) is 0 Å². The Kier molecular flexibility index (Phi) is 2.82. The maximum atomic E-state index is 5.61. The van der Waals surface area contributed by atoms with Gasteiger partial charge in [-0.1, -0.05) is 6.08 Å². The van der Waals surface area contributed by atoms with E-state index in [1.807, 2.05) is 25.1 Å². The van der Waals surface area contributed by atoms with Crippen LogP contribution in [0, 0.1) is 6.92 Å². The van der Waals surface area contributed by atoms with E-state index in [1.54, 1.807) is 6.20 Å². The third-order valence-corrected chi connectivity index (χ3v) is 1.60. The summed E-state index contributed by atoms with van der Waals surface area (Å²) in [6.45, 7) is 2.49. The Morgan fingerprint density at radius 1 is 1.58 bits per heavy atom. The van der Waals surface area contributed by atoms with E-state index < -0.39 is 0 Å². The smallest absolute Gasteiger partial charge is 0.0631 e. The molecule has 1 aromatic rings. The maximum absolute atomic E-state index is 5.61. The van der Waals surface area contributed by atoms with Gasteiger partial charge >= 0.3 is 0 Å². The Hall–Kier alpha value is -1.35. The van der Waals surface area contributed by atoms with Crippen LogP contribution in [-0.4, -0.2) is 11.5 Å². The van der Waals surface area contributed by atoms with E-state index in [9.17, 15) is 0 Å². The van der Waals surface area contributed by atoms with Gasteiger partial charge in [0, 0.05) is 6.54 Å². The largest absolute Gasteiger partial charge is 0.397 e. The van der Waals surface area contributed by atoms with Gasteiger partial charge in [-0.2, -0.15) is 0 Å². The molecule has 64 valence electrons. The Balaban J connectivity index is 2.89. The predicted molar refractivity (Wildman–Crippen MR) is 51.5 cm³/mol. The van der Waals surface area contributed by atoms with Gasteiger partial charge in [0.15, 0.2) is 0 Å². The molecule has 12 heavy (non-hydrogen) atoms. The van der Waals surface area contributed by atoms with E-state index in [0.29, 0.717) is 6.54 Å². The molecule has 0 saturated heterocycles. The second-order valence-corrected chi connectivity index (χ2v) is 2.60. The molecule has 3 nitrogen and oxygen atoms in total. The van der Waals surface area contributed by atoms with Gasteiger partial charge in [0.2, 0.25) is 0 Å². The first-order valence-corrected chi connectivity index (χ1v) is 3.83. The van der Waals surface area contributed by atoms with E-state index in [0.717, 1.165) is 16.9 Å². The molecule has 0 radical (unpaired) electrons. The van der Waals surface area contributed by atoms with Crippen LogP contribution in [0.15, 0.2) is 18.3 Å². The quantitative estimate of drug-likeness (QED) is 0.682. The summed E-state index contributed by atoms with van der Waals surface area (Å²) in [7, 11) is 0. The van der Waals surface area contributed by atoms with Gasteiger partial charge in [0.25, 0.3) is 0 Å². The molecule has 0 saturated carbocycles. The van der Waals surface area contributed by atoms with Crippen LogP contribution in [0.2, 0.25) is 0 Å². The number of nitrogens with zero attached hydrogens (tertiary/aromatic N) is 1. The number of rotatable bonds is 2. The molecule has 0 spiro atoms. The van der Waals surface area contributed by atoms with Crippen LogP contribution in [0.1, 0.15) is 11.3 Å². The highest BCUT2D eigenvalue weighted by Crippen LogP contribution is 2.10. The summed E-state index contributed by atoms with van der Waals surface area (Å²) in [5, 5.41) is 0. The molecule has 1 heterocycles. The predicted octanol–water partition coefficient (Wildman–Crippen LogP) is 0.944. The zero-order valence-electron chi connectivity index (χ0n) is 7.12. The average Bonchev–Trinajstić information content (AvgIpc) is 2.07. The van der Waals surface area contributed by atoms with E-state index >= 15 is 0 Å². The van der Waals surface area contributed by atoms with Gasteiger partial charge in [-0.25, -0.2) is 0 Å². The first kappa shape index (κ1) is 8.74. The van der Waals surface area contributed by atoms with Crippen molar-refractivity contribution in [1.82, 2.24) is 4.98 Å². The molecule has 0 amide bonds. The van der Waals surface area contributed by atoms with Crippen LogP contribution in [0.4, 0.5) is 5.69 Å². The monoisotopic (exact) mass is 163 g/mol. The molecule has 0 aliphatic rings. The molecule has 0 aromatic carbocycles. The highest BCUT2D eigenvalue weighted by atomic mass is 14.7. The molecule has 4 N–H and O–H groups in total. The molecular formula is C9H13N3. The van der Waals surface area contributed by atoms with Crippen LogP contribution < -0.4 is 11.5 Å². The van der Waals surface area contributed by atoms with Crippen LogP contribution in [0.3, 0.4) is 0 Å². The summed E-state index contributed by atoms with van der Waals surface area (Å²) in [5.41, 5.74) is 13.6. The molecule has 0 fully saturated rings. The summed E-state index contributed by atoms with van der Waals surface area (Å²) in [5.74, 6) is 0. The molecule has 1 aromatic heterocycles. The minimum absolute atomic E-state index is 0.533. The first-order valence-electron chi connectivity index (χ1n) is 3.83. The summed E-state index contributed by atoms with van der Waals surface area (Å²) in [6, 6.07) is 1.93. The Morgan fingerprint density at radius 2 is 2.33 bits per heavy atom. The minimum atomic E-state index is 0.533. The lowest BCUT2D eigenvalue weighted by Crippen LogP contribution is -1.94. The van der Waals surface area contributed by atoms with Gasteiger partial charge < -0.3 is 11.5 Å². The van der Waals surface area contributed by atoms with Gasteiger partial charge in [-0.15, -0.1) is 0 Å². The number of nitrogens with two attached hydrogens (primary N) is 2. The number of pyridine rings is 1. The molecule has 3 heteroatoms. The lowest BCUT2D eigenvalue weighted by atomic mass is 10.2. The Morgan fingerprint density at radius 3 is 2.92 bits per heavy atom. The lowest BCUT2D eigenvalue weighted by molar-refractivity contribution is 1.24. The number of anilines is 1. The van der Waals surface area contributed by atoms with Crippen molar-refractivity contribution >= 4 is 11.8 Å². The molecule has 0 aliphatic carbocycles. The second-order valence-electron chi connectivity index (χ2n) is 2.60. The summed E-state index contributed by atoms with van der Waals surface area (Å²) >= 11 is 0. The molecular weight excluding hydrogens is 150 g/mol. The van der Waals surface area contributed by atoms with Gasteiger partial charge in [0.05, 0.1) is 17.6 Å². The normalized spacial score (nSPS) is 10.8. The third kappa shape index (κ3) is 2.07. The zero-order chi connectivity index (χ0) is 8.97. The zero-order valence-corrected chi connectivity index (χ0v) is 7.12. The molecule has 1 rings (SSSR count). The van der Waals surface area contributed by atoms with Crippen molar-refractivity contribution in [2.24, 2.45) is 5.73 Å². The number of aromatic nitrogens is 1. The van der Waals surface area contributed by atoms with Crippen LogP contribution in [0.5, 0.6) is 0 Å². The van der Waals surface area contributed by atoms with Crippen LogP contribution in [0.25, 0.3) is 6.08 Å². The molecule has 0 aliphatic heterocycles. The van der Waals surface area contributed by atoms with Crippen LogP contribution in [-0.2, 0) is 0 Å².